The molecule has 0 spiro atoms. The molecule has 0 saturated carbocycles. The molecular weight excluding hydrogens is 280 g/mol. The molecule has 7 heteroatoms. The molecule has 0 fully saturated rings. The highest BCUT2D eigenvalue weighted by atomic mass is 35.5. The maximum atomic E-state index is 11.7. The van der Waals surface area contributed by atoms with Crippen LogP contribution in [-0.4, -0.2) is 28.1 Å². The predicted octanol–water partition coefficient (Wildman–Crippen LogP) is 1.76. The molecule has 1 aromatic heterocycles. The summed E-state index contributed by atoms with van der Waals surface area (Å²) >= 11 is 0. The second kappa shape index (κ2) is 8.92. The molecule has 3 N–H and O–H groups in total. The summed E-state index contributed by atoms with van der Waals surface area (Å²) in [6, 6.07) is 0. The van der Waals surface area contributed by atoms with E-state index in [4.69, 9.17) is 10.3 Å². The van der Waals surface area contributed by atoms with E-state index in [2.05, 4.69) is 15.5 Å². The first-order chi connectivity index (χ1) is 8.99. The summed E-state index contributed by atoms with van der Waals surface area (Å²) in [7, 11) is 0. The Bertz CT molecular complexity index is 405. The Hall–Kier alpha value is -1.14. The maximum Gasteiger partial charge on any atom is 0.226 e. The third-order valence-corrected chi connectivity index (χ3v) is 3.41. The van der Waals surface area contributed by atoms with Gasteiger partial charge in [0, 0.05) is 24.9 Å². The largest absolute Gasteiger partial charge is 0.354 e. The third kappa shape index (κ3) is 6.34. The number of aromatic nitrogens is 2. The van der Waals surface area contributed by atoms with Crippen molar-refractivity contribution in [3.05, 3.63) is 11.7 Å². The standard InChI is InChI=1S/C13H24N4O2.ClH/c1-4-13(14,5-2)9-15-11(18)7-6-8-12-16-10(3)17-19-12;/h4-9,14H2,1-3H3,(H,15,18);1H. The molecule has 0 aromatic carbocycles. The molecular formula is C13H25ClN4O2. The lowest BCUT2D eigenvalue weighted by molar-refractivity contribution is -0.121. The third-order valence-electron chi connectivity index (χ3n) is 3.41. The van der Waals surface area contributed by atoms with E-state index < -0.39 is 0 Å². The van der Waals surface area contributed by atoms with Crippen LogP contribution in [0.4, 0.5) is 0 Å². The van der Waals surface area contributed by atoms with Gasteiger partial charge in [-0.15, -0.1) is 12.4 Å². The van der Waals surface area contributed by atoms with Crippen LogP contribution in [0.25, 0.3) is 0 Å². The number of nitrogens with two attached hydrogens (primary N) is 1. The summed E-state index contributed by atoms with van der Waals surface area (Å²) in [6.07, 6.45) is 3.48. The van der Waals surface area contributed by atoms with Gasteiger partial charge in [0.15, 0.2) is 5.82 Å². The quantitative estimate of drug-likeness (QED) is 0.763. The Labute approximate surface area is 126 Å². The van der Waals surface area contributed by atoms with Gasteiger partial charge in [-0.25, -0.2) is 0 Å². The molecule has 6 nitrogen and oxygen atoms in total. The van der Waals surface area contributed by atoms with Crippen molar-refractivity contribution in [2.75, 3.05) is 6.54 Å². The summed E-state index contributed by atoms with van der Waals surface area (Å²) < 4.78 is 4.98. The normalized spacial score (nSPS) is 11.0. The first kappa shape index (κ1) is 18.9. The lowest BCUT2D eigenvalue weighted by Gasteiger charge is -2.26. The van der Waals surface area contributed by atoms with Gasteiger partial charge in [-0.2, -0.15) is 4.98 Å². The Morgan fingerprint density at radius 2 is 2.05 bits per heavy atom. The Balaban J connectivity index is 0.00000361. The number of nitrogens with one attached hydrogen (secondary N) is 1. The van der Waals surface area contributed by atoms with Crippen LogP contribution < -0.4 is 11.1 Å². The van der Waals surface area contributed by atoms with Crippen LogP contribution in [-0.2, 0) is 11.2 Å². The molecule has 0 atom stereocenters. The SMILES string of the molecule is CCC(N)(CC)CNC(=O)CCCc1nc(C)no1.Cl. The number of rotatable bonds is 8. The van der Waals surface area contributed by atoms with E-state index in [1.165, 1.54) is 0 Å². The van der Waals surface area contributed by atoms with Crippen LogP contribution in [0.1, 0.15) is 51.2 Å². The first-order valence-corrected chi connectivity index (χ1v) is 6.84. The van der Waals surface area contributed by atoms with E-state index in [1.54, 1.807) is 6.92 Å². The summed E-state index contributed by atoms with van der Waals surface area (Å²) in [4.78, 5) is 15.8. The van der Waals surface area contributed by atoms with E-state index in [0.717, 1.165) is 12.8 Å². The maximum absolute atomic E-state index is 11.7. The van der Waals surface area contributed by atoms with E-state index in [1.807, 2.05) is 13.8 Å². The molecule has 0 aliphatic heterocycles. The van der Waals surface area contributed by atoms with Crippen LogP contribution in [0.3, 0.4) is 0 Å². The number of aryl methyl sites for hydroxylation is 2. The van der Waals surface area contributed by atoms with Crippen LogP contribution in [0.15, 0.2) is 4.52 Å². The molecule has 20 heavy (non-hydrogen) atoms. The van der Waals surface area contributed by atoms with Crippen molar-refractivity contribution in [3.8, 4) is 0 Å². The molecule has 0 saturated heterocycles. The summed E-state index contributed by atoms with van der Waals surface area (Å²) in [5.41, 5.74) is 5.83. The summed E-state index contributed by atoms with van der Waals surface area (Å²) in [5, 5.41) is 6.59. The van der Waals surface area contributed by atoms with Gasteiger partial charge in [0.05, 0.1) is 0 Å². The molecule has 0 aliphatic rings. The smallest absolute Gasteiger partial charge is 0.226 e. The van der Waals surface area contributed by atoms with Crippen molar-refractivity contribution in [2.24, 2.45) is 5.73 Å². The molecule has 1 heterocycles. The van der Waals surface area contributed by atoms with Gasteiger partial charge in [0.1, 0.15) is 0 Å². The highest BCUT2D eigenvalue weighted by Gasteiger charge is 2.20. The number of hydrogen-bond donors (Lipinski definition) is 2. The minimum atomic E-state index is -0.292. The second-order valence-corrected chi connectivity index (χ2v) is 4.94. The van der Waals surface area contributed by atoms with E-state index >= 15 is 0 Å². The van der Waals surface area contributed by atoms with Gasteiger partial charge in [-0.1, -0.05) is 19.0 Å². The van der Waals surface area contributed by atoms with Crippen LogP contribution in [0, 0.1) is 6.92 Å². The molecule has 0 radical (unpaired) electrons. The van der Waals surface area contributed by atoms with E-state index in [9.17, 15) is 4.79 Å². The molecule has 0 unspecified atom stereocenters. The zero-order chi connectivity index (χ0) is 14.3. The predicted molar refractivity (Wildman–Crippen MR) is 79.7 cm³/mol. The van der Waals surface area contributed by atoms with Crippen LogP contribution in [0.2, 0.25) is 0 Å². The molecule has 0 aliphatic carbocycles. The number of carbonyl (C=O) groups is 1. The number of amides is 1. The summed E-state index contributed by atoms with van der Waals surface area (Å²) in [6.45, 7) is 6.37. The first-order valence-electron chi connectivity index (χ1n) is 6.84. The van der Waals surface area contributed by atoms with Gasteiger partial charge < -0.3 is 15.6 Å². The average Bonchev–Trinajstić information content (AvgIpc) is 2.82. The fourth-order valence-electron chi connectivity index (χ4n) is 1.70. The molecule has 1 aromatic rings. The molecule has 1 amide bonds. The number of nitrogens with zero attached hydrogens (tertiary/aromatic N) is 2. The number of carbonyl (C=O) groups excluding carboxylic acids is 1. The van der Waals surface area contributed by atoms with Crippen molar-refractivity contribution in [2.45, 2.75) is 58.4 Å². The topological polar surface area (TPSA) is 94.0 Å². The molecule has 0 bridgehead atoms. The van der Waals surface area contributed by atoms with Gasteiger partial charge in [0.2, 0.25) is 11.8 Å². The fourth-order valence-corrected chi connectivity index (χ4v) is 1.70. The van der Waals surface area contributed by atoms with Crippen molar-refractivity contribution in [1.29, 1.82) is 0 Å². The average molecular weight is 305 g/mol. The lowest BCUT2D eigenvalue weighted by Crippen LogP contribution is -2.49. The Morgan fingerprint density at radius 3 is 2.55 bits per heavy atom. The van der Waals surface area contributed by atoms with Crippen LogP contribution >= 0.6 is 12.4 Å². The zero-order valence-electron chi connectivity index (χ0n) is 12.4. The molecule has 1 rings (SSSR count). The van der Waals surface area contributed by atoms with Gasteiger partial charge in [0.25, 0.3) is 0 Å². The minimum Gasteiger partial charge on any atom is -0.354 e. The van der Waals surface area contributed by atoms with Crippen molar-refractivity contribution < 1.29 is 9.32 Å². The summed E-state index contributed by atoms with van der Waals surface area (Å²) in [5.74, 6) is 1.23. The number of halogens is 1. The fraction of sp³-hybridized carbons (Fsp3) is 0.769. The monoisotopic (exact) mass is 304 g/mol. The Morgan fingerprint density at radius 1 is 1.40 bits per heavy atom. The number of hydrogen-bond acceptors (Lipinski definition) is 5. The van der Waals surface area contributed by atoms with Gasteiger partial charge in [-0.05, 0) is 26.2 Å². The second-order valence-electron chi connectivity index (χ2n) is 4.94. The minimum absolute atomic E-state index is 0. The van der Waals surface area contributed by atoms with Crippen molar-refractivity contribution in [3.63, 3.8) is 0 Å². The van der Waals surface area contributed by atoms with Gasteiger partial charge in [-0.3, -0.25) is 4.79 Å². The van der Waals surface area contributed by atoms with E-state index in [0.29, 0.717) is 37.5 Å². The van der Waals surface area contributed by atoms with E-state index in [-0.39, 0.29) is 23.9 Å². The highest BCUT2D eigenvalue weighted by Crippen LogP contribution is 2.09. The van der Waals surface area contributed by atoms with Gasteiger partial charge >= 0.3 is 0 Å². The zero-order valence-corrected chi connectivity index (χ0v) is 13.3. The highest BCUT2D eigenvalue weighted by molar-refractivity contribution is 5.85. The lowest BCUT2D eigenvalue weighted by atomic mass is 9.94. The van der Waals surface area contributed by atoms with Crippen LogP contribution in [0.5, 0.6) is 0 Å². The van der Waals surface area contributed by atoms with Crippen molar-refractivity contribution in [1.82, 2.24) is 15.5 Å². The van der Waals surface area contributed by atoms with Crippen molar-refractivity contribution >= 4 is 18.3 Å². The molecule has 116 valence electrons. The Kier molecular flexibility index (Phi) is 8.41.